The minimum Gasteiger partial charge on any atom is -0.461 e. The molecule has 0 spiro atoms. The highest BCUT2D eigenvalue weighted by Gasteiger charge is 2.25. The molecule has 0 fully saturated rings. The zero-order chi connectivity index (χ0) is 26.3. The van der Waals surface area contributed by atoms with E-state index in [1.165, 1.54) is 6.21 Å². The average molecular weight is 513 g/mol. The maximum atomic E-state index is 13.0. The number of carbonyl (C=O) groups is 3. The lowest BCUT2D eigenvalue weighted by atomic mass is 10.1. The van der Waals surface area contributed by atoms with Gasteiger partial charge in [0.05, 0.1) is 12.8 Å². The van der Waals surface area contributed by atoms with Crippen LogP contribution in [0.1, 0.15) is 49.3 Å². The van der Waals surface area contributed by atoms with E-state index in [0.717, 1.165) is 5.56 Å². The van der Waals surface area contributed by atoms with Crippen LogP contribution in [0.25, 0.3) is 10.9 Å². The van der Waals surface area contributed by atoms with E-state index in [9.17, 15) is 14.4 Å². The summed E-state index contributed by atoms with van der Waals surface area (Å²) in [5.41, 5.74) is 3.80. The van der Waals surface area contributed by atoms with Crippen LogP contribution in [-0.4, -0.2) is 47.4 Å². The summed E-state index contributed by atoms with van der Waals surface area (Å²) < 4.78 is 10.4. The van der Waals surface area contributed by atoms with Crippen LogP contribution in [0, 0.1) is 0 Å². The number of alkyl carbamates (subject to hydrolysis) is 1. The number of amides is 2. The Kier molecular flexibility index (Phi) is 8.71. The number of aromatic nitrogens is 1. The third-order valence-electron chi connectivity index (χ3n) is 4.94. The van der Waals surface area contributed by atoms with Crippen molar-refractivity contribution in [2.45, 2.75) is 45.8 Å². The van der Waals surface area contributed by atoms with Crippen LogP contribution in [0.3, 0.4) is 0 Å². The van der Waals surface area contributed by atoms with Crippen LogP contribution in [0.5, 0.6) is 0 Å². The first-order valence-electron chi connectivity index (χ1n) is 11.4. The lowest BCUT2D eigenvalue weighted by molar-refractivity contribution is -0.123. The zero-order valence-corrected chi connectivity index (χ0v) is 21.3. The second-order valence-electron chi connectivity index (χ2n) is 8.95. The number of hydrogen-bond acceptors (Lipinski definition) is 6. The van der Waals surface area contributed by atoms with Crippen LogP contribution < -0.4 is 10.7 Å². The summed E-state index contributed by atoms with van der Waals surface area (Å²) in [6, 6.07) is 13.4. The number of ether oxygens (including phenoxy) is 2. The van der Waals surface area contributed by atoms with Crippen molar-refractivity contribution >= 4 is 46.7 Å². The van der Waals surface area contributed by atoms with Crippen LogP contribution >= 0.6 is 11.6 Å². The molecule has 0 saturated carbocycles. The third-order valence-corrected chi connectivity index (χ3v) is 5.17. The number of benzene rings is 2. The van der Waals surface area contributed by atoms with E-state index in [0.29, 0.717) is 21.5 Å². The number of nitrogens with zero attached hydrogens (tertiary/aromatic N) is 1. The van der Waals surface area contributed by atoms with Gasteiger partial charge in [0, 0.05) is 27.9 Å². The van der Waals surface area contributed by atoms with E-state index in [1.807, 2.05) is 30.3 Å². The van der Waals surface area contributed by atoms with Gasteiger partial charge in [-0.3, -0.25) is 4.79 Å². The SMILES string of the molecule is CCOC(=O)c1[nH]c2cc(Cl)ccc2c1/C=N/NC(=O)[C@H](Cc1ccccc1)NC(=O)OC(C)(C)C. The van der Waals surface area contributed by atoms with Crippen molar-refractivity contribution < 1.29 is 23.9 Å². The summed E-state index contributed by atoms with van der Waals surface area (Å²) in [4.78, 5) is 40.8. The third kappa shape index (κ3) is 7.32. The van der Waals surface area contributed by atoms with Crippen molar-refractivity contribution in [2.75, 3.05) is 6.61 Å². The molecule has 3 N–H and O–H groups in total. The van der Waals surface area contributed by atoms with Crippen molar-refractivity contribution in [2.24, 2.45) is 5.10 Å². The first kappa shape index (κ1) is 26.7. The molecule has 2 aromatic carbocycles. The number of fused-ring (bicyclic) bond motifs is 1. The summed E-state index contributed by atoms with van der Waals surface area (Å²) in [6.45, 7) is 7.10. The standard InChI is InChI=1S/C26H29ClN4O5/c1-5-35-24(33)22-19(18-12-11-17(27)14-20(18)29-22)15-28-31-23(32)21(13-16-9-7-6-8-10-16)30-25(34)36-26(2,3)4/h6-12,14-15,21,29H,5,13H2,1-4H3,(H,30,34)(H,31,32)/b28-15+/t21-/m0/s1. The van der Waals surface area contributed by atoms with E-state index < -0.39 is 29.6 Å². The number of esters is 1. The normalized spacial score (nSPS) is 12.4. The minimum atomic E-state index is -0.953. The fourth-order valence-electron chi connectivity index (χ4n) is 3.44. The Labute approximate surface area is 214 Å². The van der Waals surface area contributed by atoms with Crippen molar-refractivity contribution in [1.82, 2.24) is 15.7 Å². The number of hydrogen-bond donors (Lipinski definition) is 3. The molecule has 0 bridgehead atoms. The molecule has 0 saturated heterocycles. The number of rotatable bonds is 8. The fraction of sp³-hybridized carbons (Fsp3) is 0.308. The molecule has 0 aliphatic carbocycles. The lowest BCUT2D eigenvalue weighted by Gasteiger charge is -2.23. The Morgan fingerprint density at radius 2 is 1.86 bits per heavy atom. The number of nitrogens with one attached hydrogen (secondary N) is 3. The maximum absolute atomic E-state index is 13.0. The van der Waals surface area contributed by atoms with Crippen LogP contribution in [0.4, 0.5) is 4.79 Å². The van der Waals surface area contributed by atoms with Crippen molar-refractivity contribution in [3.05, 3.63) is 70.4 Å². The Balaban J connectivity index is 1.82. The van der Waals surface area contributed by atoms with Crippen molar-refractivity contribution in [3.8, 4) is 0 Å². The van der Waals surface area contributed by atoms with Crippen LogP contribution in [0.2, 0.25) is 5.02 Å². The molecule has 9 nitrogen and oxygen atoms in total. The number of H-pyrrole nitrogens is 1. The molecule has 3 aromatic rings. The molecular formula is C26H29ClN4O5. The predicted octanol–water partition coefficient (Wildman–Crippen LogP) is 4.58. The van der Waals surface area contributed by atoms with Gasteiger partial charge in [0.1, 0.15) is 17.3 Å². The van der Waals surface area contributed by atoms with Gasteiger partial charge < -0.3 is 19.8 Å². The average Bonchev–Trinajstić information content (AvgIpc) is 3.16. The molecular weight excluding hydrogens is 484 g/mol. The molecule has 0 unspecified atom stereocenters. The number of carbonyl (C=O) groups excluding carboxylic acids is 3. The number of aromatic amines is 1. The molecule has 1 aromatic heterocycles. The van der Waals surface area contributed by atoms with E-state index in [1.54, 1.807) is 45.9 Å². The highest BCUT2D eigenvalue weighted by atomic mass is 35.5. The van der Waals surface area contributed by atoms with E-state index in [4.69, 9.17) is 21.1 Å². The molecule has 1 atom stereocenters. The largest absolute Gasteiger partial charge is 0.461 e. The molecule has 0 aliphatic rings. The van der Waals surface area contributed by atoms with Gasteiger partial charge in [0.2, 0.25) is 0 Å². The lowest BCUT2D eigenvalue weighted by Crippen LogP contribution is -2.48. The maximum Gasteiger partial charge on any atom is 0.408 e. The van der Waals surface area contributed by atoms with Crippen LogP contribution in [-0.2, 0) is 20.7 Å². The Morgan fingerprint density at radius 3 is 2.53 bits per heavy atom. The fourth-order valence-corrected chi connectivity index (χ4v) is 3.61. The minimum absolute atomic E-state index is 0.180. The summed E-state index contributed by atoms with van der Waals surface area (Å²) in [5.74, 6) is -1.12. The highest BCUT2D eigenvalue weighted by molar-refractivity contribution is 6.31. The van der Waals surface area contributed by atoms with Gasteiger partial charge in [-0.05, 0) is 45.4 Å². The topological polar surface area (TPSA) is 122 Å². The molecule has 0 radical (unpaired) electrons. The zero-order valence-electron chi connectivity index (χ0n) is 20.6. The van der Waals surface area contributed by atoms with Gasteiger partial charge in [-0.15, -0.1) is 0 Å². The van der Waals surface area contributed by atoms with Crippen molar-refractivity contribution in [1.29, 1.82) is 0 Å². The van der Waals surface area contributed by atoms with E-state index in [-0.39, 0.29) is 18.7 Å². The van der Waals surface area contributed by atoms with Gasteiger partial charge in [0.25, 0.3) is 5.91 Å². The van der Waals surface area contributed by atoms with Gasteiger partial charge in [-0.25, -0.2) is 15.0 Å². The Bertz CT molecular complexity index is 1260. The second-order valence-corrected chi connectivity index (χ2v) is 9.38. The van der Waals surface area contributed by atoms with Gasteiger partial charge in [-0.2, -0.15) is 5.10 Å². The van der Waals surface area contributed by atoms with Gasteiger partial charge in [-0.1, -0.05) is 48.0 Å². The first-order chi connectivity index (χ1) is 17.1. The Morgan fingerprint density at radius 1 is 1.14 bits per heavy atom. The summed E-state index contributed by atoms with van der Waals surface area (Å²) >= 11 is 6.08. The molecule has 2 amide bonds. The summed E-state index contributed by atoms with van der Waals surface area (Å²) in [5, 5.41) is 7.83. The smallest absolute Gasteiger partial charge is 0.408 e. The summed E-state index contributed by atoms with van der Waals surface area (Å²) in [6.07, 6.45) is 0.853. The van der Waals surface area contributed by atoms with Gasteiger partial charge >= 0.3 is 12.1 Å². The predicted molar refractivity (Wildman–Crippen MR) is 138 cm³/mol. The number of halogens is 1. The second kappa shape index (κ2) is 11.7. The summed E-state index contributed by atoms with van der Waals surface area (Å²) in [7, 11) is 0. The van der Waals surface area contributed by atoms with Crippen LogP contribution in [0.15, 0.2) is 53.6 Å². The van der Waals surface area contributed by atoms with E-state index >= 15 is 0 Å². The highest BCUT2D eigenvalue weighted by Crippen LogP contribution is 2.25. The molecule has 10 heteroatoms. The molecule has 36 heavy (non-hydrogen) atoms. The Hall–Kier alpha value is -3.85. The molecule has 3 rings (SSSR count). The number of hydrazone groups is 1. The van der Waals surface area contributed by atoms with Crippen molar-refractivity contribution in [3.63, 3.8) is 0 Å². The van der Waals surface area contributed by atoms with Gasteiger partial charge in [0.15, 0.2) is 0 Å². The first-order valence-corrected chi connectivity index (χ1v) is 11.8. The van der Waals surface area contributed by atoms with E-state index in [2.05, 4.69) is 20.8 Å². The quantitative estimate of drug-likeness (QED) is 0.231. The molecule has 190 valence electrons. The molecule has 1 heterocycles. The molecule has 0 aliphatic heterocycles. The monoisotopic (exact) mass is 512 g/mol.